The van der Waals surface area contributed by atoms with E-state index >= 15 is 0 Å². The fourth-order valence-corrected chi connectivity index (χ4v) is 4.34. The van der Waals surface area contributed by atoms with Crippen LogP contribution in [0.1, 0.15) is 25.0 Å². The van der Waals surface area contributed by atoms with Gasteiger partial charge < -0.3 is 18.8 Å². The van der Waals surface area contributed by atoms with Crippen molar-refractivity contribution in [1.29, 1.82) is 0 Å². The van der Waals surface area contributed by atoms with Crippen molar-refractivity contribution in [2.45, 2.75) is 31.4 Å². The zero-order valence-electron chi connectivity index (χ0n) is 13.9. The van der Waals surface area contributed by atoms with E-state index in [1.165, 1.54) is 32.5 Å². The summed E-state index contributed by atoms with van der Waals surface area (Å²) in [5.41, 5.74) is -0.118. The van der Waals surface area contributed by atoms with Gasteiger partial charge in [-0.25, -0.2) is 0 Å². The lowest BCUT2D eigenvalue weighted by atomic mass is 9.94. The molecule has 3 fully saturated rings. The lowest BCUT2D eigenvalue weighted by Crippen LogP contribution is -2.44. The summed E-state index contributed by atoms with van der Waals surface area (Å²) >= 11 is 0. The van der Waals surface area contributed by atoms with Crippen molar-refractivity contribution >= 4 is 0 Å². The summed E-state index contributed by atoms with van der Waals surface area (Å²) < 4.78 is 17.7. The SMILES string of the molecule is c1coc(CN2CCOC[C@]3(C[C@H](CN4CCCC4)CO3)C2)c1. The molecule has 0 aromatic carbocycles. The second-order valence-corrected chi connectivity index (χ2v) is 7.41. The van der Waals surface area contributed by atoms with E-state index in [0.29, 0.717) is 5.92 Å². The number of nitrogens with zero attached hydrogens (tertiary/aromatic N) is 2. The molecule has 4 rings (SSSR count). The predicted octanol–water partition coefficient (Wildman–Crippen LogP) is 1.98. The first-order valence-electron chi connectivity index (χ1n) is 9.00. The normalized spacial score (nSPS) is 33.5. The molecule has 0 N–H and O–H groups in total. The van der Waals surface area contributed by atoms with Crippen LogP contribution in [0, 0.1) is 5.92 Å². The third-order valence-corrected chi connectivity index (χ3v) is 5.39. The minimum Gasteiger partial charge on any atom is -0.468 e. The highest BCUT2D eigenvalue weighted by Gasteiger charge is 2.43. The highest BCUT2D eigenvalue weighted by atomic mass is 16.5. The molecule has 2 atom stereocenters. The molecule has 1 aromatic heterocycles. The first-order chi connectivity index (χ1) is 11.3. The maximum atomic E-state index is 6.31. The molecule has 0 bridgehead atoms. The average molecular weight is 320 g/mol. The fourth-order valence-electron chi connectivity index (χ4n) is 4.34. The van der Waals surface area contributed by atoms with Crippen LogP contribution >= 0.6 is 0 Å². The van der Waals surface area contributed by atoms with Crippen molar-refractivity contribution in [2.24, 2.45) is 5.92 Å². The average Bonchev–Trinajstić information content (AvgIpc) is 3.25. The van der Waals surface area contributed by atoms with Crippen molar-refractivity contribution in [1.82, 2.24) is 9.80 Å². The molecule has 5 nitrogen and oxygen atoms in total. The molecule has 0 unspecified atom stereocenters. The summed E-state index contributed by atoms with van der Waals surface area (Å²) in [6, 6.07) is 4.00. The topological polar surface area (TPSA) is 38.1 Å². The minimum absolute atomic E-state index is 0.118. The molecule has 3 aliphatic heterocycles. The summed E-state index contributed by atoms with van der Waals surface area (Å²) in [5, 5.41) is 0. The molecule has 0 aliphatic carbocycles. The van der Waals surface area contributed by atoms with E-state index in [1.54, 1.807) is 6.26 Å². The van der Waals surface area contributed by atoms with Crippen LogP contribution in [0.4, 0.5) is 0 Å². The first kappa shape index (κ1) is 15.6. The van der Waals surface area contributed by atoms with Crippen LogP contribution in [-0.2, 0) is 16.0 Å². The molecule has 0 amide bonds. The van der Waals surface area contributed by atoms with Crippen molar-refractivity contribution in [3.05, 3.63) is 24.2 Å². The molecule has 23 heavy (non-hydrogen) atoms. The monoisotopic (exact) mass is 320 g/mol. The molecule has 0 saturated carbocycles. The number of hydrogen-bond acceptors (Lipinski definition) is 5. The van der Waals surface area contributed by atoms with E-state index in [2.05, 4.69) is 9.80 Å². The quantitative estimate of drug-likeness (QED) is 0.848. The first-order valence-corrected chi connectivity index (χ1v) is 9.00. The number of likely N-dealkylation sites (tertiary alicyclic amines) is 1. The highest BCUT2D eigenvalue weighted by Crippen LogP contribution is 2.34. The van der Waals surface area contributed by atoms with E-state index in [0.717, 1.165) is 51.6 Å². The molecule has 1 aromatic rings. The van der Waals surface area contributed by atoms with E-state index in [9.17, 15) is 0 Å². The van der Waals surface area contributed by atoms with Crippen molar-refractivity contribution in [2.75, 3.05) is 52.5 Å². The van der Waals surface area contributed by atoms with Crippen molar-refractivity contribution < 1.29 is 13.9 Å². The van der Waals surface area contributed by atoms with E-state index < -0.39 is 0 Å². The molecular formula is C18H28N2O3. The Morgan fingerprint density at radius 1 is 1.17 bits per heavy atom. The number of furan rings is 1. The Hall–Kier alpha value is -0.880. The molecule has 0 radical (unpaired) electrons. The molecular weight excluding hydrogens is 292 g/mol. The Balaban J connectivity index is 1.36. The van der Waals surface area contributed by atoms with Gasteiger partial charge in [0.1, 0.15) is 11.4 Å². The smallest absolute Gasteiger partial charge is 0.117 e. The summed E-state index contributed by atoms with van der Waals surface area (Å²) in [7, 11) is 0. The molecule has 128 valence electrons. The van der Waals surface area contributed by atoms with Gasteiger partial charge in [0.2, 0.25) is 0 Å². The summed E-state index contributed by atoms with van der Waals surface area (Å²) in [4.78, 5) is 5.02. The molecule has 1 spiro atoms. The standard InChI is InChI=1S/C18H28N2O3/c1-2-6-19(5-1)11-16-10-18(23-13-16)14-20(7-9-21-15-18)12-17-4-3-8-22-17/h3-4,8,16H,1-2,5-7,9-15H2/t16-,18+/m1/s1. The number of rotatable bonds is 4. The van der Waals surface area contributed by atoms with Gasteiger partial charge in [-0.05, 0) is 50.4 Å². The van der Waals surface area contributed by atoms with Crippen molar-refractivity contribution in [3.8, 4) is 0 Å². The van der Waals surface area contributed by atoms with Crippen LogP contribution in [0.2, 0.25) is 0 Å². The van der Waals surface area contributed by atoms with Gasteiger partial charge in [-0.3, -0.25) is 4.90 Å². The lowest BCUT2D eigenvalue weighted by molar-refractivity contribution is -0.0566. The van der Waals surface area contributed by atoms with Gasteiger partial charge in [0.05, 0.1) is 32.6 Å². The minimum atomic E-state index is -0.118. The van der Waals surface area contributed by atoms with E-state index in [4.69, 9.17) is 13.9 Å². The van der Waals surface area contributed by atoms with Gasteiger partial charge in [-0.15, -0.1) is 0 Å². The van der Waals surface area contributed by atoms with E-state index in [1.807, 2.05) is 12.1 Å². The van der Waals surface area contributed by atoms with E-state index in [-0.39, 0.29) is 5.60 Å². The van der Waals surface area contributed by atoms with Gasteiger partial charge in [-0.2, -0.15) is 0 Å². The van der Waals surface area contributed by atoms with Gasteiger partial charge >= 0.3 is 0 Å². The zero-order valence-corrected chi connectivity index (χ0v) is 13.9. The molecule has 3 saturated heterocycles. The maximum Gasteiger partial charge on any atom is 0.117 e. The van der Waals surface area contributed by atoms with Gasteiger partial charge in [-0.1, -0.05) is 0 Å². The second kappa shape index (κ2) is 6.93. The van der Waals surface area contributed by atoms with Crippen molar-refractivity contribution in [3.63, 3.8) is 0 Å². The maximum absolute atomic E-state index is 6.31. The van der Waals surface area contributed by atoms with Gasteiger partial charge in [0.15, 0.2) is 0 Å². The van der Waals surface area contributed by atoms with Crippen LogP contribution < -0.4 is 0 Å². The number of hydrogen-bond donors (Lipinski definition) is 0. The summed E-state index contributed by atoms with van der Waals surface area (Å²) in [5.74, 6) is 1.67. The van der Waals surface area contributed by atoms with Gasteiger partial charge in [0, 0.05) is 19.6 Å². The Morgan fingerprint density at radius 2 is 2.09 bits per heavy atom. The van der Waals surface area contributed by atoms with Crippen LogP contribution in [-0.4, -0.2) is 67.9 Å². The largest absolute Gasteiger partial charge is 0.468 e. The third-order valence-electron chi connectivity index (χ3n) is 5.39. The Morgan fingerprint density at radius 3 is 2.91 bits per heavy atom. The zero-order chi connectivity index (χ0) is 15.5. The Kier molecular flexibility index (Phi) is 4.71. The van der Waals surface area contributed by atoms with Crippen LogP contribution in [0.25, 0.3) is 0 Å². The molecule has 3 aliphatic rings. The number of ether oxygens (including phenoxy) is 2. The summed E-state index contributed by atoms with van der Waals surface area (Å²) in [6.07, 6.45) is 5.59. The molecule has 5 heteroatoms. The highest BCUT2D eigenvalue weighted by molar-refractivity contribution is 5.00. The summed E-state index contributed by atoms with van der Waals surface area (Å²) in [6.45, 7) is 8.87. The Bertz CT molecular complexity index is 486. The molecule has 4 heterocycles. The van der Waals surface area contributed by atoms with Crippen LogP contribution in [0.3, 0.4) is 0 Å². The van der Waals surface area contributed by atoms with Crippen LogP contribution in [0.15, 0.2) is 22.8 Å². The van der Waals surface area contributed by atoms with Gasteiger partial charge in [0.25, 0.3) is 0 Å². The fraction of sp³-hybridized carbons (Fsp3) is 0.778. The lowest BCUT2D eigenvalue weighted by Gasteiger charge is -2.31. The third kappa shape index (κ3) is 3.79. The van der Waals surface area contributed by atoms with Crippen LogP contribution in [0.5, 0.6) is 0 Å². The predicted molar refractivity (Wildman–Crippen MR) is 87.3 cm³/mol. The Labute approximate surface area is 138 Å². The second-order valence-electron chi connectivity index (χ2n) is 7.41.